The average Bonchev–Trinajstić information content (AvgIpc) is 2.67. The Labute approximate surface area is 104 Å². The van der Waals surface area contributed by atoms with Crippen LogP contribution in [0.15, 0.2) is 0 Å². The highest BCUT2D eigenvalue weighted by Gasteiger charge is 2.13. The first-order valence-corrected chi connectivity index (χ1v) is 5.80. The lowest BCUT2D eigenvalue weighted by Gasteiger charge is -2.11. The summed E-state index contributed by atoms with van der Waals surface area (Å²) in [6, 6.07) is 0.594. The molecule has 1 aliphatic rings. The summed E-state index contributed by atoms with van der Waals surface area (Å²) in [6.45, 7) is 5.90. The van der Waals surface area contributed by atoms with Crippen molar-refractivity contribution >= 4 is 18.3 Å². The molecular formula is C11H23ClN2O2. The van der Waals surface area contributed by atoms with Gasteiger partial charge in [0.2, 0.25) is 5.91 Å². The van der Waals surface area contributed by atoms with Crippen molar-refractivity contribution in [3.8, 4) is 0 Å². The van der Waals surface area contributed by atoms with Crippen LogP contribution in [0.3, 0.4) is 0 Å². The Kier molecular flexibility index (Phi) is 8.61. The van der Waals surface area contributed by atoms with Crippen LogP contribution in [0.2, 0.25) is 0 Å². The van der Waals surface area contributed by atoms with Gasteiger partial charge in [-0.1, -0.05) is 0 Å². The molecule has 1 heterocycles. The van der Waals surface area contributed by atoms with Gasteiger partial charge in [-0.25, -0.2) is 0 Å². The molecule has 1 amide bonds. The number of nitrogens with one attached hydrogen (secondary N) is 2. The highest BCUT2D eigenvalue weighted by Crippen LogP contribution is 2.07. The maximum absolute atomic E-state index is 11.3. The lowest BCUT2D eigenvalue weighted by Crippen LogP contribution is -2.33. The third kappa shape index (κ3) is 7.04. The van der Waals surface area contributed by atoms with E-state index in [0.29, 0.717) is 6.04 Å². The molecule has 0 saturated carbocycles. The number of carbonyl (C=O) groups is 1. The summed E-state index contributed by atoms with van der Waals surface area (Å²) in [7, 11) is 0. The van der Waals surface area contributed by atoms with Gasteiger partial charge in [-0.05, 0) is 39.7 Å². The van der Waals surface area contributed by atoms with Crippen molar-refractivity contribution in [2.75, 3.05) is 19.7 Å². The second-order valence-corrected chi connectivity index (χ2v) is 4.29. The number of carbonyl (C=O) groups excluding carboxylic acids is 1. The topological polar surface area (TPSA) is 50.4 Å². The van der Waals surface area contributed by atoms with Crippen molar-refractivity contribution in [2.45, 2.75) is 45.3 Å². The van der Waals surface area contributed by atoms with Gasteiger partial charge in [0.1, 0.15) is 6.61 Å². The summed E-state index contributed by atoms with van der Waals surface area (Å²) < 4.78 is 5.20. The minimum Gasteiger partial charge on any atom is -0.369 e. The van der Waals surface area contributed by atoms with Crippen molar-refractivity contribution in [3.05, 3.63) is 0 Å². The standard InChI is InChI=1S/C11H22N2O2.ClH/c1-9(2)15-8-11(14)13-7-5-10-4-3-6-12-10;/h9-10,12H,3-8H2,1-2H3,(H,13,14);1H/t10-;/m1./s1. The Morgan fingerprint density at radius 2 is 2.31 bits per heavy atom. The smallest absolute Gasteiger partial charge is 0.246 e. The first-order chi connectivity index (χ1) is 7.18. The molecule has 0 aromatic rings. The van der Waals surface area contributed by atoms with E-state index < -0.39 is 0 Å². The van der Waals surface area contributed by atoms with Gasteiger partial charge in [-0.15, -0.1) is 12.4 Å². The van der Waals surface area contributed by atoms with Gasteiger partial charge in [0.05, 0.1) is 6.10 Å². The molecule has 1 atom stereocenters. The Bertz CT molecular complexity index is 194. The third-order valence-corrected chi connectivity index (χ3v) is 2.53. The summed E-state index contributed by atoms with van der Waals surface area (Å²) in [5, 5.41) is 6.26. The second kappa shape index (κ2) is 8.79. The maximum atomic E-state index is 11.3. The van der Waals surface area contributed by atoms with Gasteiger partial charge in [-0.3, -0.25) is 4.79 Å². The Hall–Kier alpha value is -0.320. The first-order valence-electron chi connectivity index (χ1n) is 5.80. The SMILES string of the molecule is CC(C)OCC(=O)NCC[C@H]1CCCN1.Cl. The summed E-state index contributed by atoms with van der Waals surface area (Å²) in [5.41, 5.74) is 0. The lowest BCUT2D eigenvalue weighted by atomic mass is 10.1. The van der Waals surface area contributed by atoms with Crippen LogP contribution in [-0.2, 0) is 9.53 Å². The molecule has 16 heavy (non-hydrogen) atoms. The molecular weight excluding hydrogens is 228 g/mol. The van der Waals surface area contributed by atoms with E-state index in [4.69, 9.17) is 4.74 Å². The summed E-state index contributed by atoms with van der Waals surface area (Å²) in [6.07, 6.45) is 3.63. The van der Waals surface area contributed by atoms with Crippen LogP contribution in [0, 0.1) is 0 Å². The summed E-state index contributed by atoms with van der Waals surface area (Å²) in [5.74, 6) is -0.0123. The number of ether oxygens (including phenoxy) is 1. The van der Waals surface area contributed by atoms with E-state index in [9.17, 15) is 4.79 Å². The molecule has 0 spiro atoms. The second-order valence-electron chi connectivity index (χ2n) is 4.29. The fourth-order valence-corrected chi connectivity index (χ4v) is 1.68. The Morgan fingerprint density at radius 1 is 1.56 bits per heavy atom. The van der Waals surface area contributed by atoms with Gasteiger partial charge in [0.15, 0.2) is 0 Å². The number of amides is 1. The predicted molar refractivity (Wildman–Crippen MR) is 67.0 cm³/mol. The fourth-order valence-electron chi connectivity index (χ4n) is 1.68. The molecule has 0 radical (unpaired) electrons. The molecule has 0 aliphatic carbocycles. The molecule has 1 fully saturated rings. The monoisotopic (exact) mass is 250 g/mol. The number of hydrogen-bond donors (Lipinski definition) is 2. The zero-order valence-corrected chi connectivity index (χ0v) is 10.9. The number of rotatable bonds is 6. The van der Waals surface area contributed by atoms with E-state index >= 15 is 0 Å². The van der Waals surface area contributed by atoms with E-state index in [1.807, 2.05) is 13.8 Å². The highest BCUT2D eigenvalue weighted by molar-refractivity contribution is 5.85. The van der Waals surface area contributed by atoms with Crippen LogP contribution in [0.5, 0.6) is 0 Å². The summed E-state index contributed by atoms with van der Waals surface area (Å²) >= 11 is 0. The molecule has 0 aromatic heterocycles. The number of hydrogen-bond acceptors (Lipinski definition) is 3. The minimum atomic E-state index is -0.0123. The van der Waals surface area contributed by atoms with Crippen LogP contribution in [0.4, 0.5) is 0 Å². The van der Waals surface area contributed by atoms with Crippen LogP contribution in [0.25, 0.3) is 0 Å². The highest BCUT2D eigenvalue weighted by atomic mass is 35.5. The van der Waals surface area contributed by atoms with E-state index in [2.05, 4.69) is 10.6 Å². The van der Waals surface area contributed by atoms with E-state index in [1.165, 1.54) is 12.8 Å². The molecule has 96 valence electrons. The first kappa shape index (κ1) is 15.7. The van der Waals surface area contributed by atoms with Crippen LogP contribution in [-0.4, -0.2) is 37.7 Å². The minimum absolute atomic E-state index is 0. The van der Waals surface area contributed by atoms with E-state index in [1.54, 1.807) is 0 Å². The normalized spacial score (nSPS) is 19.6. The van der Waals surface area contributed by atoms with Gasteiger partial charge < -0.3 is 15.4 Å². The molecule has 1 rings (SSSR count). The van der Waals surface area contributed by atoms with Gasteiger partial charge in [0.25, 0.3) is 0 Å². The number of halogens is 1. The average molecular weight is 251 g/mol. The largest absolute Gasteiger partial charge is 0.369 e. The molecule has 2 N–H and O–H groups in total. The predicted octanol–water partition coefficient (Wildman–Crippen LogP) is 1.09. The van der Waals surface area contributed by atoms with Crippen molar-refractivity contribution in [1.82, 2.24) is 10.6 Å². The Balaban J connectivity index is 0.00000225. The van der Waals surface area contributed by atoms with E-state index in [-0.39, 0.29) is 31.0 Å². The lowest BCUT2D eigenvalue weighted by molar-refractivity contribution is -0.127. The molecule has 1 saturated heterocycles. The van der Waals surface area contributed by atoms with Crippen molar-refractivity contribution in [3.63, 3.8) is 0 Å². The molecule has 0 aromatic carbocycles. The van der Waals surface area contributed by atoms with Crippen LogP contribution >= 0.6 is 12.4 Å². The summed E-state index contributed by atoms with van der Waals surface area (Å²) in [4.78, 5) is 11.3. The molecule has 0 unspecified atom stereocenters. The zero-order valence-electron chi connectivity index (χ0n) is 10.1. The van der Waals surface area contributed by atoms with Crippen LogP contribution in [0.1, 0.15) is 33.1 Å². The molecule has 5 heteroatoms. The molecule has 4 nitrogen and oxygen atoms in total. The maximum Gasteiger partial charge on any atom is 0.246 e. The fraction of sp³-hybridized carbons (Fsp3) is 0.909. The quantitative estimate of drug-likeness (QED) is 0.742. The van der Waals surface area contributed by atoms with Gasteiger partial charge in [0, 0.05) is 12.6 Å². The van der Waals surface area contributed by atoms with Crippen LogP contribution < -0.4 is 10.6 Å². The Morgan fingerprint density at radius 3 is 2.88 bits per heavy atom. The van der Waals surface area contributed by atoms with E-state index in [0.717, 1.165) is 19.5 Å². The van der Waals surface area contributed by atoms with Gasteiger partial charge >= 0.3 is 0 Å². The van der Waals surface area contributed by atoms with Crippen molar-refractivity contribution < 1.29 is 9.53 Å². The zero-order chi connectivity index (χ0) is 11.1. The third-order valence-electron chi connectivity index (χ3n) is 2.53. The molecule has 0 bridgehead atoms. The van der Waals surface area contributed by atoms with Crippen molar-refractivity contribution in [2.24, 2.45) is 0 Å². The molecule has 1 aliphatic heterocycles. The van der Waals surface area contributed by atoms with Gasteiger partial charge in [-0.2, -0.15) is 0 Å². The van der Waals surface area contributed by atoms with Crippen molar-refractivity contribution in [1.29, 1.82) is 0 Å².